The summed E-state index contributed by atoms with van der Waals surface area (Å²) in [7, 11) is 0. The molecule has 0 aliphatic carbocycles. The van der Waals surface area contributed by atoms with E-state index in [0.29, 0.717) is 35.7 Å². The molecule has 1 aromatic carbocycles. The molecule has 0 unspecified atom stereocenters. The maximum absolute atomic E-state index is 13.0. The molecule has 4 aromatic rings. The van der Waals surface area contributed by atoms with Gasteiger partial charge >= 0.3 is 12.2 Å². The number of urea groups is 1. The second-order valence-corrected chi connectivity index (χ2v) is 13.3. The predicted octanol–water partition coefficient (Wildman–Crippen LogP) is 5.41. The first-order valence-corrected chi connectivity index (χ1v) is 15.9. The Labute approximate surface area is 271 Å². The normalized spacial score (nSPS) is 16.9. The first-order chi connectivity index (χ1) is 22.2. The Hall–Kier alpha value is -4.47. The van der Waals surface area contributed by atoms with Crippen LogP contribution in [0.2, 0.25) is 0 Å². The molecule has 0 saturated carbocycles. The molecule has 0 bridgehead atoms. The quantitative estimate of drug-likeness (QED) is 0.238. The average Bonchev–Trinajstić information content (AvgIpc) is 3.44. The van der Waals surface area contributed by atoms with Crippen LogP contribution in [-0.4, -0.2) is 62.4 Å². The number of carbonyl (C=O) groups is 3. The number of nitrogens with zero attached hydrogens (tertiary/aromatic N) is 5. The highest BCUT2D eigenvalue weighted by atomic mass is 32.1. The SMILES string of the molecule is CC(C)(O)c1cc2nc(C3CCN(Cc4ccc(N5CCC(=O)NC5=O)nc4)CC3)sc2cc1NC(=O)c1ccc(C(F)(F)F)nc1. The molecule has 0 atom stereocenters. The molecule has 5 heterocycles. The number of nitrogens with one attached hydrogen (secondary N) is 2. The Morgan fingerprint density at radius 1 is 1.06 bits per heavy atom. The summed E-state index contributed by atoms with van der Waals surface area (Å²) in [6.07, 6.45) is 0.0252. The van der Waals surface area contributed by atoms with Crippen LogP contribution >= 0.6 is 11.3 Å². The topological polar surface area (TPSA) is 141 Å². The average molecular weight is 668 g/mol. The van der Waals surface area contributed by atoms with E-state index in [2.05, 4.69) is 25.5 Å². The Balaban J connectivity index is 1.11. The minimum absolute atomic E-state index is 0.0460. The van der Waals surface area contributed by atoms with Crippen LogP contribution < -0.4 is 15.5 Å². The summed E-state index contributed by atoms with van der Waals surface area (Å²) in [6.45, 7) is 5.86. The van der Waals surface area contributed by atoms with E-state index in [9.17, 15) is 32.7 Å². The minimum atomic E-state index is -4.61. The van der Waals surface area contributed by atoms with Crippen LogP contribution in [-0.2, 0) is 23.1 Å². The number of aliphatic hydroxyl groups is 1. The van der Waals surface area contributed by atoms with Crippen molar-refractivity contribution in [3.63, 3.8) is 0 Å². The van der Waals surface area contributed by atoms with Crippen molar-refractivity contribution in [3.05, 3.63) is 76.2 Å². The number of carbonyl (C=O) groups excluding carboxylic acids is 3. The van der Waals surface area contributed by atoms with E-state index in [4.69, 9.17) is 4.98 Å². The molecule has 0 spiro atoms. The van der Waals surface area contributed by atoms with Gasteiger partial charge in [-0.05, 0) is 75.7 Å². The molecule has 47 heavy (non-hydrogen) atoms. The lowest BCUT2D eigenvalue weighted by Crippen LogP contribution is -2.49. The summed E-state index contributed by atoms with van der Waals surface area (Å²) in [5.74, 6) is -0.208. The third-order valence-corrected chi connectivity index (χ3v) is 9.43. The van der Waals surface area contributed by atoms with E-state index in [1.165, 1.54) is 16.2 Å². The highest BCUT2D eigenvalue weighted by molar-refractivity contribution is 7.18. The number of thiazole rings is 1. The fourth-order valence-electron chi connectivity index (χ4n) is 5.72. The van der Waals surface area contributed by atoms with E-state index in [1.54, 1.807) is 38.2 Å². The Kier molecular flexibility index (Phi) is 8.72. The molecule has 6 rings (SSSR count). The van der Waals surface area contributed by atoms with Gasteiger partial charge in [-0.2, -0.15) is 13.2 Å². The third kappa shape index (κ3) is 7.26. The van der Waals surface area contributed by atoms with Gasteiger partial charge in [-0.25, -0.2) is 14.8 Å². The molecule has 3 N–H and O–H groups in total. The highest BCUT2D eigenvalue weighted by Gasteiger charge is 2.33. The number of hydrogen-bond acceptors (Lipinski definition) is 9. The van der Waals surface area contributed by atoms with Gasteiger partial charge in [0.1, 0.15) is 11.5 Å². The number of likely N-dealkylation sites (tertiary alicyclic amines) is 1. The second kappa shape index (κ2) is 12.6. The predicted molar refractivity (Wildman–Crippen MR) is 169 cm³/mol. The molecule has 2 saturated heterocycles. The van der Waals surface area contributed by atoms with Crippen LogP contribution in [0.4, 0.5) is 29.5 Å². The molecule has 0 radical (unpaired) electrons. The summed E-state index contributed by atoms with van der Waals surface area (Å²) in [6, 6.07) is 8.57. The van der Waals surface area contributed by atoms with Crippen LogP contribution in [0.25, 0.3) is 10.2 Å². The van der Waals surface area contributed by atoms with Crippen LogP contribution in [0.1, 0.15) is 71.2 Å². The largest absolute Gasteiger partial charge is 0.433 e. The van der Waals surface area contributed by atoms with E-state index >= 15 is 0 Å². The highest BCUT2D eigenvalue weighted by Crippen LogP contribution is 2.39. The fourth-order valence-corrected chi connectivity index (χ4v) is 6.87. The Morgan fingerprint density at radius 2 is 1.83 bits per heavy atom. The number of alkyl halides is 3. The maximum Gasteiger partial charge on any atom is 0.433 e. The van der Waals surface area contributed by atoms with Crippen molar-refractivity contribution in [1.29, 1.82) is 0 Å². The minimum Gasteiger partial charge on any atom is -0.386 e. The van der Waals surface area contributed by atoms with E-state index in [0.717, 1.165) is 59.5 Å². The molecule has 2 aliphatic heterocycles. The fraction of sp³-hybridized carbons (Fsp3) is 0.375. The van der Waals surface area contributed by atoms with Crippen molar-refractivity contribution in [2.75, 3.05) is 29.9 Å². The number of hydrogen-bond donors (Lipinski definition) is 3. The number of piperidine rings is 1. The summed E-state index contributed by atoms with van der Waals surface area (Å²) < 4.78 is 39.5. The number of pyridine rings is 2. The molecule has 246 valence electrons. The van der Waals surface area contributed by atoms with Crippen molar-refractivity contribution < 1.29 is 32.7 Å². The summed E-state index contributed by atoms with van der Waals surface area (Å²) in [5.41, 5.74) is 0.00416. The van der Waals surface area contributed by atoms with Gasteiger partial charge in [0, 0.05) is 49.1 Å². The van der Waals surface area contributed by atoms with Crippen molar-refractivity contribution in [1.82, 2.24) is 25.2 Å². The van der Waals surface area contributed by atoms with Gasteiger partial charge in [0.2, 0.25) is 5.91 Å². The first kappa shape index (κ1) is 32.5. The van der Waals surface area contributed by atoms with Crippen molar-refractivity contribution >= 4 is 50.9 Å². The van der Waals surface area contributed by atoms with Gasteiger partial charge < -0.3 is 10.4 Å². The van der Waals surface area contributed by atoms with Crippen molar-refractivity contribution in [3.8, 4) is 0 Å². The van der Waals surface area contributed by atoms with Crippen LogP contribution in [0.5, 0.6) is 0 Å². The molecule has 15 heteroatoms. The van der Waals surface area contributed by atoms with Gasteiger partial charge in [-0.1, -0.05) is 6.07 Å². The molecule has 4 amide bonds. The van der Waals surface area contributed by atoms with Crippen LogP contribution in [0, 0.1) is 0 Å². The molecule has 2 aliphatic rings. The monoisotopic (exact) mass is 667 g/mol. The first-order valence-electron chi connectivity index (χ1n) is 15.0. The summed E-state index contributed by atoms with van der Waals surface area (Å²) >= 11 is 1.52. The van der Waals surface area contributed by atoms with E-state index in [1.807, 2.05) is 6.07 Å². The number of benzene rings is 1. The zero-order valence-electron chi connectivity index (χ0n) is 25.6. The molecular formula is C32H32F3N7O4S. The number of imide groups is 1. The molecule has 11 nitrogen and oxygen atoms in total. The van der Waals surface area contributed by atoms with Gasteiger partial charge in [0.25, 0.3) is 5.91 Å². The molecule has 3 aromatic heterocycles. The van der Waals surface area contributed by atoms with E-state index in [-0.39, 0.29) is 23.8 Å². The number of fused-ring (bicyclic) bond motifs is 1. The summed E-state index contributed by atoms with van der Waals surface area (Å²) in [4.78, 5) is 53.0. The smallest absolute Gasteiger partial charge is 0.386 e. The van der Waals surface area contributed by atoms with Gasteiger partial charge in [0.05, 0.1) is 26.4 Å². The number of anilines is 2. The Morgan fingerprint density at radius 3 is 2.45 bits per heavy atom. The number of amides is 4. The lowest BCUT2D eigenvalue weighted by atomic mass is 9.95. The third-order valence-electron chi connectivity index (χ3n) is 8.25. The maximum atomic E-state index is 13.0. The Bertz CT molecular complexity index is 1810. The van der Waals surface area contributed by atoms with Gasteiger partial charge in [-0.3, -0.25) is 29.7 Å². The molecular weight excluding hydrogens is 635 g/mol. The number of aromatic nitrogens is 3. The van der Waals surface area contributed by atoms with E-state index < -0.39 is 29.4 Å². The number of rotatable bonds is 7. The van der Waals surface area contributed by atoms with Gasteiger partial charge in [-0.15, -0.1) is 11.3 Å². The lowest BCUT2D eigenvalue weighted by Gasteiger charge is -2.31. The van der Waals surface area contributed by atoms with Gasteiger partial charge in [0.15, 0.2) is 0 Å². The van der Waals surface area contributed by atoms with Crippen molar-refractivity contribution in [2.24, 2.45) is 0 Å². The second-order valence-electron chi connectivity index (χ2n) is 12.2. The van der Waals surface area contributed by atoms with Crippen molar-refractivity contribution in [2.45, 2.75) is 57.3 Å². The molecule has 2 fully saturated rings. The standard InChI is InChI=1S/C32H32F3N7O4S/c1-31(2,46)21-13-23-24(14-22(21)38-28(44)20-4-5-25(36-16-20)32(33,34)35)47-29(39-23)19-7-10-41(11-8-19)17-18-3-6-26(37-15-18)42-12-9-27(43)40-30(42)45/h3-6,13-16,19,46H,7-12,17H2,1-2H3,(H,38,44)(H,40,43,45). The number of halogens is 3. The van der Waals surface area contributed by atoms with Crippen LogP contribution in [0.15, 0.2) is 48.8 Å². The summed E-state index contributed by atoms with van der Waals surface area (Å²) in [5, 5.41) is 16.9. The van der Waals surface area contributed by atoms with Crippen LogP contribution in [0.3, 0.4) is 0 Å². The zero-order chi connectivity index (χ0) is 33.5. The lowest BCUT2D eigenvalue weighted by molar-refractivity contribution is -0.141. The zero-order valence-corrected chi connectivity index (χ0v) is 26.4.